The van der Waals surface area contributed by atoms with E-state index in [0.717, 1.165) is 19.3 Å². The quantitative estimate of drug-likeness (QED) is 0.694. The summed E-state index contributed by atoms with van der Waals surface area (Å²) in [5.41, 5.74) is 0.629. The average molecular weight is 234 g/mol. The largest absolute Gasteiger partial charge is 0.459 e. The highest BCUT2D eigenvalue weighted by Crippen LogP contribution is 2.17. The Morgan fingerprint density at radius 2 is 1.76 bits per heavy atom. The van der Waals surface area contributed by atoms with Crippen molar-refractivity contribution >= 4 is 5.97 Å². The molecule has 0 saturated heterocycles. The van der Waals surface area contributed by atoms with Gasteiger partial charge in [0.15, 0.2) is 0 Å². The number of carbonyl (C=O) groups excluding carboxylic acids is 1. The standard InChI is InChI=1S/C15H22O2/c1-4-13(5-2)11-12(3)17-15(16)14-9-7-6-8-10-14/h6-10,12-13H,4-5,11H2,1-3H3. The molecule has 0 heterocycles. The van der Waals surface area contributed by atoms with Crippen LogP contribution in [-0.2, 0) is 4.74 Å². The van der Waals surface area contributed by atoms with Gasteiger partial charge in [-0.25, -0.2) is 4.79 Å². The van der Waals surface area contributed by atoms with Crippen molar-refractivity contribution in [1.29, 1.82) is 0 Å². The third-order valence-corrected chi connectivity index (χ3v) is 3.14. The van der Waals surface area contributed by atoms with E-state index >= 15 is 0 Å². The number of hydrogen-bond acceptors (Lipinski definition) is 2. The first-order valence-corrected chi connectivity index (χ1v) is 6.43. The van der Waals surface area contributed by atoms with Crippen molar-refractivity contribution in [3.8, 4) is 0 Å². The molecular formula is C15H22O2. The summed E-state index contributed by atoms with van der Waals surface area (Å²) in [7, 11) is 0. The molecule has 0 aliphatic heterocycles. The zero-order valence-corrected chi connectivity index (χ0v) is 11.0. The predicted octanol–water partition coefficient (Wildman–Crippen LogP) is 4.06. The van der Waals surface area contributed by atoms with Crippen LogP contribution in [0, 0.1) is 5.92 Å². The van der Waals surface area contributed by atoms with Gasteiger partial charge >= 0.3 is 5.97 Å². The number of ether oxygens (including phenoxy) is 1. The lowest BCUT2D eigenvalue weighted by Crippen LogP contribution is -2.18. The fourth-order valence-corrected chi connectivity index (χ4v) is 1.96. The van der Waals surface area contributed by atoms with Gasteiger partial charge in [0, 0.05) is 0 Å². The third kappa shape index (κ3) is 4.59. The second kappa shape index (κ2) is 7.10. The minimum absolute atomic E-state index is 0.00685. The maximum Gasteiger partial charge on any atom is 0.338 e. The molecular weight excluding hydrogens is 212 g/mol. The van der Waals surface area contributed by atoms with E-state index in [1.54, 1.807) is 12.1 Å². The van der Waals surface area contributed by atoms with Crippen molar-refractivity contribution < 1.29 is 9.53 Å². The minimum atomic E-state index is -0.218. The Balaban J connectivity index is 2.46. The van der Waals surface area contributed by atoms with Crippen LogP contribution in [0.5, 0.6) is 0 Å². The SMILES string of the molecule is CCC(CC)CC(C)OC(=O)c1ccccc1. The average Bonchev–Trinajstić information content (AvgIpc) is 2.37. The summed E-state index contributed by atoms with van der Waals surface area (Å²) in [6.45, 7) is 6.33. The van der Waals surface area contributed by atoms with Gasteiger partial charge in [0.25, 0.3) is 0 Å². The smallest absolute Gasteiger partial charge is 0.338 e. The second-order valence-corrected chi connectivity index (χ2v) is 4.50. The summed E-state index contributed by atoms with van der Waals surface area (Å²) < 4.78 is 5.43. The van der Waals surface area contributed by atoms with Crippen LogP contribution in [0.4, 0.5) is 0 Å². The Labute approximate surface area is 104 Å². The number of esters is 1. The topological polar surface area (TPSA) is 26.3 Å². The molecule has 0 N–H and O–H groups in total. The fraction of sp³-hybridized carbons (Fsp3) is 0.533. The number of benzene rings is 1. The highest BCUT2D eigenvalue weighted by atomic mass is 16.5. The molecule has 1 aromatic rings. The highest BCUT2D eigenvalue weighted by Gasteiger charge is 2.15. The molecule has 0 saturated carbocycles. The van der Waals surface area contributed by atoms with Crippen molar-refractivity contribution in [2.45, 2.75) is 46.1 Å². The summed E-state index contributed by atoms with van der Waals surface area (Å²) in [6, 6.07) is 9.16. The van der Waals surface area contributed by atoms with Crippen molar-refractivity contribution in [3.63, 3.8) is 0 Å². The van der Waals surface area contributed by atoms with Gasteiger partial charge < -0.3 is 4.74 Å². The van der Waals surface area contributed by atoms with Crippen molar-refractivity contribution in [2.24, 2.45) is 5.92 Å². The molecule has 17 heavy (non-hydrogen) atoms. The van der Waals surface area contributed by atoms with E-state index in [4.69, 9.17) is 4.74 Å². The fourth-order valence-electron chi connectivity index (χ4n) is 1.96. The molecule has 1 rings (SSSR count). The molecule has 0 radical (unpaired) electrons. The van der Waals surface area contributed by atoms with Gasteiger partial charge in [0.05, 0.1) is 11.7 Å². The summed E-state index contributed by atoms with van der Waals surface area (Å²) in [5.74, 6) is 0.428. The molecule has 0 aliphatic carbocycles. The van der Waals surface area contributed by atoms with E-state index in [1.165, 1.54) is 0 Å². The van der Waals surface area contributed by atoms with Crippen LogP contribution < -0.4 is 0 Å². The van der Waals surface area contributed by atoms with E-state index < -0.39 is 0 Å². The van der Waals surface area contributed by atoms with Crippen LogP contribution in [0.25, 0.3) is 0 Å². The first-order valence-electron chi connectivity index (χ1n) is 6.43. The molecule has 2 heteroatoms. The molecule has 2 nitrogen and oxygen atoms in total. The maximum atomic E-state index is 11.8. The third-order valence-electron chi connectivity index (χ3n) is 3.14. The molecule has 0 bridgehead atoms. The van der Waals surface area contributed by atoms with E-state index in [0.29, 0.717) is 11.5 Å². The molecule has 0 spiro atoms. The van der Waals surface area contributed by atoms with E-state index in [-0.39, 0.29) is 12.1 Å². The summed E-state index contributed by atoms with van der Waals surface area (Å²) in [5, 5.41) is 0. The van der Waals surface area contributed by atoms with Crippen molar-refractivity contribution in [1.82, 2.24) is 0 Å². The molecule has 0 fully saturated rings. The van der Waals surface area contributed by atoms with E-state index in [1.807, 2.05) is 25.1 Å². The van der Waals surface area contributed by atoms with Crippen LogP contribution >= 0.6 is 0 Å². The Hall–Kier alpha value is -1.31. The van der Waals surface area contributed by atoms with E-state index in [2.05, 4.69) is 13.8 Å². The molecule has 1 atom stereocenters. The molecule has 94 valence electrons. The highest BCUT2D eigenvalue weighted by molar-refractivity contribution is 5.89. The molecule has 0 aromatic heterocycles. The Morgan fingerprint density at radius 3 is 2.29 bits per heavy atom. The van der Waals surface area contributed by atoms with Crippen LogP contribution in [0.2, 0.25) is 0 Å². The van der Waals surface area contributed by atoms with Crippen molar-refractivity contribution in [3.05, 3.63) is 35.9 Å². The first kappa shape index (κ1) is 13.8. The van der Waals surface area contributed by atoms with Gasteiger partial charge in [-0.2, -0.15) is 0 Å². The van der Waals surface area contributed by atoms with Gasteiger partial charge in [-0.1, -0.05) is 44.9 Å². The molecule has 1 unspecified atom stereocenters. The molecule has 1 aromatic carbocycles. The second-order valence-electron chi connectivity index (χ2n) is 4.50. The minimum Gasteiger partial charge on any atom is -0.459 e. The van der Waals surface area contributed by atoms with Crippen LogP contribution in [0.3, 0.4) is 0 Å². The van der Waals surface area contributed by atoms with Crippen LogP contribution in [0.15, 0.2) is 30.3 Å². The zero-order valence-electron chi connectivity index (χ0n) is 11.0. The summed E-state index contributed by atoms with van der Waals surface area (Å²) in [4.78, 5) is 11.8. The summed E-state index contributed by atoms with van der Waals surface area (Å²) >= 11 is 0. The monoisotopic (exact) mass is 234 g/mol. The lowest BCUT2D eigenvalue weighted by Gasteiger charge is -2.18. The van der Waals surface area contributed by atoms with Gasteiger partial charge in [0.1, 0.15) is 0 Å². The first-order chi connectivity index (χ1) is 8.17. The summed E-state index contributed by atoms with van der Waals surface area (Å²) in [6.07, 6.45) is 3.23. The van der Waals surface area contributed by atoms with Gasteiger partial charge in [-0.05, 0) is 31.4 Å². The normalized spacial score (nSPS) is 12.5. The lowest BCUT2D eigenvalue weighted by molar-refractivity contribution is 0.0285. The van der Waals surface area contributed by atoms with Gasteiger partial charge in [-0.15, -0.1) is 0 Å². The van der Waals surface area contributed by atoms with Crippen LogP contribution in [-0.4, -0.2) is 12.1 Å². The van der Waals surface area contributed by atoms with E-state index in [9.17, 15) is 4.79 Å². The Bertz CT molecular complexity index is 328. The van der Waals surface area contributed by atoms with Crippen molar-refractivity contribution in [2.75, 3.05) is 0 Å². The van der Waals surface area contributed by atoms with Crippen LogP contribution in [0.1, 0.15) is 50.4 Å². The number of carbonyl (C=O) groups is 1. The van der Waals surface area contributed by atoms with Gasteiger partial charge in [-0.3, -0.25) is 0 Å². The predicted molar refractivity (Wildman–Crippen MR) is 70.0 cm³/mol. The zero-order chi connectivity index (χ0) is 12.7. The maximum absolute atomic E-state index is 11.8. The molecule has 0 aliphatic rings. The Morgan fingerprint density at radius 1 is 1.18 bits per heavy atom. The van der Waals surface area contributed by atoms with Gasteiger partial charge in [0.2, 0.25) is 0 Å². The lowest BCUT2D eigenvalue weighted by atomic mass is 9.97. The molecule has 0 amide bonds. The number of rotatable bonds is 6. The number of hydrogen-bond donors (Lipinski definition) is 0. The Kier molecular flexibility index (Phi) is 5.75.